The predicted molar refractivity (Wildman–Crippen MR) is 202 cm³/mol. The average molecular weight is 614 g/mol. The lowest BCUT2D eigenvalue weighted by Gasteiger charge is -2.26. The van der Waals surface area contributed by atoms with E-state index in [-0.39, 0.29) is 0 Å². The largest absolute Gasteiger partial charge is 0.455 e. The monoisotopic (exact) mass is 613 g/mol. The van der Waals surface area contributed by atoms with Crippen LogP contribution in [0.15, 0.2) is 192 Å². The van der Waals surface area contributed by atoms with Crippen molar-refractivity contribution >= 4 is 49.8 Å². The van der Waals surface area contributed by atoms with Crippen molar-refractivity contribution in [3.63, 3.8) is 0 Å². The van der Waals surface area contributed by atoms with Crippen LogP contribution in [0.25, 0.3) is 66.1 Å². The molecule has 0 saturated carbocycles. The maximum atomic E-state index is 6.63. The third-order valence-electron chi connectivity index (χ3n) is 9.27. The van der Waals surface area contributed by atoms with Crippen LogP contribution in [0, 0.1) is 0 Å². The summed E-state index contributed by atoms with van der Waals surface area (Å²) in [5.74, 6) is 0. The molecule has 8 aromatic carbocycles. The molecule has 0 bridgehead atoms. The molecule has 0 saturated heterocycles. The Morgan fingerprint density at radius 1 is 0.312 bits per heavy atom. The molecule has 0 spiro atoms. The lowest BCUT2D eigenvalue weighted by molar-refractivity contribution is 0.673. The van der Waals surface area contributed by atoms with Crippen LogP contribution in [-0.4, -0.2) is 0 Å². The average Bonchev–Trinajstić information content (AvgIpc) is 3.54. The highest BCUT2D eigenvalue weighted by atomic mass is 16.3. The Morgan fingerprint density at radius 2 is 0.792 bits per heavy atom. The van der Waals surface area contributed by atoms with Crippen molar-refractivity contribution in [2.75, 3.05) is 4.90 Å². The molecular formula is C46H31NO. The van der Waals surface area contributed by atoms with Gasteiger partial charge in [-0.15, -0.1) is 0 Å². The van der Waals surface area contributed by atoms with Gasteiger partial charge in [-0.05, 0) is 93.4 Å². The van der Waals surface area contributed by atoms with Crippen molar-refractivity contribution in [2.45, 2.75) is 0 Å². The molecule has 1 heterocycles. The fourth-order valence-corrected chi connectivity index (χ4v) is 6.89. The first-order valence-electron chi connectivity index (χ1n) is 16.3. The summed E-state index contributed by atoms with van der Waals surface area (Å²) in [6.45, 7) is 0. The molecule has 9 aromatic rings. The Bertz CT molecular complexity index is 2520. The van der Waals surface area contributed by atoms with E-state index < -0.39 is 0 Å². The van der Waals surface area contributed by atoms with Gasteiger partial charge in [0.05, 0.1) is 0 Å². The molecule has 2 heteroatoms. The Labute approximate surface area is 279 Å². The molecule has 9 rings (SSSR count). The van der Waals surface area contributed by atoms with Gasteiger partial charge in [-0.25, -0.2) is 0 Å². The Morgan fingerprint density at radius 3 is 1.44 bits per heavy atom. The van der Waals surface area contributed by atoms with E-state index in [0.29, 0.717) is 0 Å². The molecule has 1 aromatic heterocycles. The zero-order chi connectivity index (χ0) is 31.9. The molecule has 0 aliphatic carbocycles. The number of hydrogen-bond acceptors (Lipinski definition) is 2. The van der Waals surface area contributed by atoms with E-state index >= 15 is 0 Å². The summed E-state index contributed by atoms with van der Waals surface area (Å²) >= 11 is 0. The first-order chi connectivity index (χ1) is 23.8. The van der Waals surface area contributed by atoms with E-state index in [0.717, 1.165) is 55.5 Å². The third-order valence-corrected chi connectivity index (χ3v) is 9.27. The molecule has 0 amide bonds. The highest BCUT2D eigenvalue weighted by molar-refractivity contribution is 6.19. The van der Waals surface area contributed by atoms with Crippen LogP contribution in [0.5, 0.6) is 0 Å². The van der Waals surface area contributed by atoms with Crippen LogP contribution >= 0.6 is 0 Å². The molecule has 226 valence electrons. The number of fused-ring (bicyclic) bond motifs is 5. The summed E-state index contributed by atoms with van der Waals surface area (Å²) in [6, 6.07) is 66.7. The molecular weight excluding hydrogens is 583 g/mol. The standard InChI is InChI=1S/C46H31NO/c1-4-12-32(13-5-1)33-20-25-38(26-21-33)47(37-16-8-3-9-17-37)39-27-22-34(23-28-39)36-24-29-41-44-31-43(35-14-6-2-7-15-35)40-18-10-11-19-42(40)46(44)48-45(41)30-36/h1-31H. The zero-order valence-corrected chi connectivity index (χ0v) is 26.3. The van der Waals surface area contributed by atoms with Gasteiger partial charge in [0.25, 0.3) is 0 Å². The zero-order valence-electron chi connectivity index (χ0n) is 26.3. The lowest BCUT2D eigenvalue weighted by Crippen LogP contribution is -2.09. The molecule has 0 N–H and O–H groups in total. The van der Waals surface area contributed by atoms with Crippen molar-refractivity contribution in [2.24, 2.45) is 0 Å². The van der Waals surface area contributed by atoms with Crippen LogP contribution < -0.4 is 4.90 Å². The number of furan rings is 1. The predicted octanol–water partition coefficient (Wildman–Crippen LogP) is 13.2. The van der Waals surface area contributed by atoms with E-state index in [1.165, 1.54) is 27.6 Å². The van der Waals surface area contributed by atoms with Crippen LogP contribution in [0.3, 0.4) is 0 Å². The number of hydrogen-bond donors (Lipinski definition) is 0. The topological polar surface area (TPSA) is 16.4 Å². The highest BCUT2D eigenvalue weighted by Gasteiger charge is 2.16. The Hall–Kier alpha value is -6.38. The third kappa shape index (κ3) is 4.92. The minimum absolute atomic E-state index is 0.895. The van der Waals surface area contributed by atoms with Crippen LogP contribution in [0.4, 0.5) is 17.1 Å². The van der Waals surface area contributed by atoms with Gasteiger partial charge in [-0.3, -0.25) is 0 Å². The lowest BCUT2D eigenvalue weighted by atomic mass is 9.95. The second kappa shape index (κ2) is 11.8. The van der Waals surface area contributed by atoms with Crippen LogP contribution in [-0.2, 0) is 0 Å². The van der Waals surface area contributed by atoms with Crippen molar-refractivity contribution < 1.29 is 4.42 Å². The van der Waals surface area contributed by atoms with E-state index in [4.69, 9.17) is 4.42 Å². The maximum Gasteiger partial charge on any atom is 0.143 e. The smallest absolute Gasteiger partial charge is 0.143 e. The second-order valence-corrected chi connectivity index (χ2v) is 12.2. The fourth-order valence-electron chi connectivity index (χ4n) is 6.89. The summed E-state index contributed by atoms with van der Waals surface area (Å²) in [5, 5.41) is 4.60. The summed E-state index contributed by atoms with van der Waals surface area (Å²) in [6.07, 6.45) is 0. The first kappa shape index (κ1) is 27.9. The summed E-state index contributed by atoms with van der Waals surface area (Å²) in [5.41, 5.74) is 12.3. The highest BCUT2D eigenvalue weighted by Crippen LogP contribution is 2.41. The molecule has 0 aliphatic heterocycles. The molecule has 0 aliphatic rings. The van der Waals surface area contributed by atoms with E-state index in [1.807, 2.05) is 0 Å². The van der Waals surface area contributed by atoms with Gasteiger partial charge in [-0.1, -0.05) is 133 Å². The summed E-state index contributed by atoms with van der Waals surface area (Å²) < 4.78 is 6.63. The molecule has 0 unspecified atom stereocenters. The molecule has 48 heavy (non-hydrogen) atoms. The van der Waals surface area contributed by atoms with Crippen LogP contribution in [0.2, 0.25) is 0 Å². The van der Waals surface area contributed by atoms with E-state index in [9.17, 15) is 0 Å². The molecule has 0 atom stereocenters. The van der Waals surface area contributed by atoms with Gasteiger partial charge in [0, 0.05) is 33.2 Å². The summed E-state index contributed by atoms with van der Waals surface area (Å²) in [7, 11) is 0. The quantitative estimate of drug-likeness (QED) is 0.185. The van der Waals surface area contributed by atoms with Gasteiger partial charge in [0.2, 0.25) is 0 Å². The molecule has 0 radical (unpaired) electrons. The van der Waals surface area contributed by atoms with Crippen molar-refractivity contribution in [3.8, 4) is 33.4 Å². The minimum atomic E-state index is 0.895. The van der Waals surface area contributed by atoms with Gasteiger partial charge in [0.1, 0.15) is 11.2 Å². The number of nitrogens with zero attached hydrogens (tertiary/aromatic N) is 1. The van der Waals surface area contributed by atoms with Gasteiger partial charge >= 0.3 is 0 Å². The van der Waals surface area contributed by atoms with Gasteiger partial charge in [0.15, 0.2) is 0 Å². The molecule has 2 nitrogen and oxygen atoms in total. The Balaban J connectivity index is 1.09. The minimum Gasteiger partial charge on any atom is -0.455 e. The number of benzene rings is 8. The van der Waals surface area contributed by atoms with Crippen LogP contribution in [0.1, 0.15) is 0 Å². The maximum absolute atomic E-state index is 6.63. The van der Waals surface area contributed by atoms with Crippen molar-refractivity contribution in [3.05, 3.63) is 188 Å². The summed E-state index contributed by atoms with van der Waals surface area (Å²) in [4.78, 5) is 2.30. The number of anilines is 3. The molecule has 0 fully saturated rings. The second-order valence-electron chi connectivity index (χ2n) is 12.2. The van der Waals surface area contributed by atoms with E-state index in [2.05, 4.69) is 193 Å². The SMILES string of the molecule is c1ccc(-c2ccc(N(c3ccccc3)c3ccc(-c4ccc5c(c4)oc4c6ccccc6c(-c6ccccc6)cc54)cc3)cc2)cc1. The Kier molecular flexibility index (Phi) is 6.84. The van der Waals surface area contributed by atoms with Crippen molar-refractivity contribution in [1.29, 1.82) is 0 Å². The van der Waals surface area contributed by atoms with Crippen molar-refractivity contribution in [1.82, 2.24) is 0 Å². The first-order valence-corrected chi connectivity index (χ1v) is 16.3. The van der Waals surface area contributed by atoms with Gasteiger partial charge in [-0.2, -0.15) is 0 Å². The number of rotatable bonds is 6. The normalized spacial score (nSPS) is 11.3. The van der Waals surface area contributed by atoms with Gasteiger partial charge < -0.3 is 9.32 Å². The number of para-hydroxylation sites is 1. The fraction of sp³-hybridized carbons (Fsp3) is 0. The van der Waals surface area contributed by atoms with E-state index in [1.54, 1.807) is 0 Å².